The van der Waals surface area contributed by atoms with Crippen LogP contribution in [0, 0.1) is 25.5 Å². The Morgan fingerprint density at radius 1 is 0.891 bits per heavy atom. The van der Waals surface area contributed by atoms with Gasteiger partial charge in [-0.05, 0) is 109 Å². The summed E-state index contributed by atoms with van der Waals surface area (Å²) in [6.45, 7) is 9.87. The molecule has 0 fully saturated rings. The van der Waals surface area contributed by atoms with Gasteiger partial charge < -0.3 is 20.7 Å². The number of esters is 1. The molecule has 0 saturated heterocycles. The first kappa shape index (κ1) is 34.9. The van der Waals surface area contributed by atoms with Crippen LogP contribution in [-0.4, -0.2) is 48.6 Å². The number of carbonyl (C=O) groups excluding carboxylic acids is 2. The van der Waals surface area contributed by atoms with Crippen molar-refractivity contribution in [2.75, 3.05) is 19.6 Å². The summed E-state index contributed by atoms with van der Waals surface area (Å²) in [6, 6.07) is 17.8. The maximum atomic E-state index is 13.9. The van der Waals surface area contributed by atoms with Gasteiger partial charge in [-0.1, -0.05) is 32.0 Å². The van der Waals surface area contributed by atoms with Crippen LogP contribution in [0.15, 0.2) is 72.1 Å². The van der Waals surface area contributed by atoms with Gasteiger partial charge >= 0.3 is 5.97 Å². The molecule has 6 nitrogen and oxygen atoms in total. The highest BCUT2D eigenvalue weighted by Gasteiger charge is 2.25. The van der Waals surface area contributed by atoms with Crippen molar-refractivity contribution in [3.05, 3.63) is 117 Å². The van der Waals surface area contributed by atoms with E-state index < -0.39 is 29.7 Å². The van der Waals surface area contributed by atoms with Crippen molar-refractivity contribution in [1.29, 1.82) is 0 Å². The van der Waals surface area contributed by atoms with Crippen molar-refractivity contribution < 1.29 is 23.1 Å². The van der Waals surface area contributed by atoms with Gasteiger partial charge in [-0.15, -0.1) is 11.3 Å². The number of rotatable bonds is 15. The Bertz CT molecular complexity index is 1610. The molecule has 2 atom stereocenters. The Morgan fingerprint density at radius 2 is 1.59 bits per heavy atom. The summed E-state index contributed by atoms with van der Waals surface area (Å²) in [5.41, 5.74) is 11.7. The predicted molar refractivity (Wildman–Crippen MR) is 181 cm³/mol. The number of hydrogen-bond donors (Lipinski definition) is 2. The molecule has 0 aliphatic rings. The zero-order valence-electron chi connectivity index (χ0n) is 26.9. The highest BCUT2D eigenvalue weighted by Crippen LogP contribution is 2.27. The maximum Gasteiger partial charge on any atom is 0.338 e. The average molecular weight is 648 g/mol. The molecule has 9 heteroatoms. The lowest BCUT2D eigenvalue weighted by Gasteiger charge is -2.25. The zero-order valence-corrected chi connectivity index (χ0v) is 27.8. The third kappa shape index (κ3) is 9.79. The van der Waals surface area contributed by atoms with E-state index in [-0.39, 0.29) is 24.4 Å². The largest absolute Gasteiger partial charge is 0.456 e. The number of carbonyl (C=O) groups is 2. The number of nitrogens with zero attached hydrogens (tertiary/aromatic N) is 1. The predicted octanol–water partition coefficient (Wildman–Crippen LogP) is 7.46. The lowest BCUT2D eigenvalue weighted by atomic mass is 10.0. The van der Waals surface area contributed by atoms with Crippen LogP contribution in [0.5, 0.6) is 0 Å². The van der Waals surface area contributed by atoms with Gasteiger partial charge in [0.15, 0.2) is 0 Å². The van der Waals surface area contributed by atoms with E-state index in [9.17, 15) is 18.4 Å². The third-order valence-corrected chi connectivity index (χ3v) is 8.68. The molecule has 4 rings (SSSR count). The van der Waals surface area contributed by atoms with E-state index in [0.717, 1.165) is 35.6 Å². The second-order valence-corrected chi connectivity index (χ2v) is 12.7. The minimum atomic E-state index is -0.835. The molecule has 0 aliphatic carbocycles. The third-order valence-electron chi connectivity index (χ3n) is 7.58. The maximum absolute atomic E-state index is 13.9. The second-order valence-electron chi connectivity index (χ2n) is 11.8. The van der Waals surface area contributed by atoms with Crippen LogP contribution in [0.25, 0.3) is 10.4 Å². The molecule has 244 valence electrons. The smallest absolute Gasteiger partial charge is 0.338 e. The van der Waals surface area contributed by atoms with Crippen LogP contribution in [-0.2, 0) is 17.7 Å². The van der Waals surface area contributed by atoms with Gasteiger partial charge in [0.1, 0.15) is 17.7 Å². The van der Waals surface area contributed by atoms with Gasteiger partial charge in [-0.2, -0.15) is 0 Å². The van der Waals surface area contributed by atoms with E-state index in [4.69, 9.17) is 10.5 Å². The Hall–Kier alpha value is -3.92. The normalized spacial score (nSPS) is 12.5. The monoisotopic (exact) mass is 647 g/mol. The Morgan fingerprint density at radius 3 is 2.24 bits per heavy atom. The molecule has 0 radical (unpaired) electrons. The first-order valence-electron chi connectivity index (χ1n) is 15.7. The van der Waals surface area contributed by atoms with Crippen LogP contribution in [0.4, 0.5) is 8.78 Å². The number of amides is 1. The minimum Gasteiger partial charge on any atom is -0.456 e. The number of thiophene rings is 1. The number of nitrogens with two attached hydrogens (primary N) is 1. The number of halogens is 2. The van der Waals surface area contributed by atoms with Gasteiger partial charge in [0.05, 0.1) is 5.56 Å². The van der Waals surface area contributed by atoms with Gasteiger partial charge in [0, 0.05) is 48.7 Å². The van der Waals surface area contributed by atoms with Crippen molar-refractivity contribution in [2.24, 2.45) is 5.73 Å². The molecule has 1 aromatic heterocycles. The summed E-state index contributed by atoms with van der Waals surface area (Å²) in [5, 5.41) is 5.47. The molecule has 0 unspecified atom stereocenters. The van der Waals surface area contributed by atoms with Crippen LogP contribution < -0.4 is 11.1 Å². The first-order valence-corrected chi connectivity index (χ1v) is 16.6. The summed E-state index contributed by atoms with van der Waals surface area (Å²) in [7, 11) is 0. The Balaban J connectivity index is 1.52. The summed E-state index contributed by atoms with van der Waals surface area (Å²) >= 11 is 1.69. The molecule has 1 heterocycles. The van der Waals surface area contributed by atoms with Crippen LogP contribution >= 0.6 is 11.3 Å². The molecule has 0 saturated carbocycles. The zero-order chi connectivity index (χ0) is 33.2. The van der Waals surface area contributed by atoms with E-state index >= 15 is 0 Å². The average Bonchev–Trinajstić information content (AvgIpc) is 3.45. The minimum absolute atomic E-state index is 0.0854. The molecule has 3 N–H and O–H groups in total. The molecule has 0 aliphatic heterocycles. The van der Waals surface area contributed by atoms with Crippen LogP contribution in [0.1, 0.15) is 69.7 Å². The molecule has 1 amide bonds. The quantitative estimate of drug-likeness (QED) is 0.131. The fourth-order valence-corrected chi connectivity index (χ4v) is 6.35. The first-order chi connectivity index (χ1) is 22.1. The Labute approximate surface area is 274 Å². The topological polar surface area (TPSA) is 84.7 Å². The standard InChI is InChI=1S/C37H43F2N3O3S/c1-5-10-42(11-6-2)36(43)29-12-24(3)13-30(19-29)37(44)45-34(33(40)18-27-16-31(38)20-32(39)17-27)22-41-21-26-8-7-9-28(15-26)35-14-25(4)23-46-35/h7-9,12-17,19-20,23,33-34,41H,5-6,10-11,18,21-22,40H2,1-4H3/t33-,34+/m0/s1. The SMILES string of the molecule is CCCN(CCC)C(=O)c1cc(C)cc(C(=O)O[C@H](CNCc2cccc(-c3cc(C)cs3)c2)[C@@H](N)Cc2cc(F)cc(F)c2)c1. The fraction of sp³-hybridized carbons (Fsp3) is 0.351. The molecular weight excluding hydrogens is 604 g/mol. The summed E-state index contributed by atoms with van der Waals surface area (Å²) in [4.78, 5) is 29.8. The number of benzene rings is 3. The highest BCUT2D eigenvalue weighted by molar-refractivity contribution is 7.13. The van der Waals surface area contributed by atoms with E-state index in [1.165, 1.54) is 22.6 Å². The van der Waals surface area contributed by atoms with Crippen molar-refractivity contribution in [3.63, 3.8) is 0 Å². The number of hydrogen-bond acceptors (Lipinski definition) is 6. The number of aryl methyl sites for hydroxylation is 2. The van der Waals surface area contributed by atoms with E-state index in [1.807, 2.05) is 32.9 Å². The van der Waals surface area contributed by atoms with Gasteiger partial charge in [-0.3, -0.25) is 4.79 Å². The Kier molecular flexibility index (Phi) is 12.6. The molecule has 0 bridgehead atoms. The summed E-state index contributed by atoms with van der Waals surface area (Å²) in [5.74, 6) is -2.17. The van der Waals surface area contributed by atoms with E-state index in [1.54, 1.807) is 34.4 Å². The number of nitrogens with one attached hydrogen (secondary N) is 1. The highest BCUT2D eigenvalue weighted by atomic mass is 32.1. The summed E-state index contributed by atoms with van der Waals surface area (Å²) in [6.07, 6.45) is 0.902. The van der Waals surface area contributed by atoms with Gasteiger partial charge in [0.25, 0.3) is 5.91 Å². The molecule has 0 spiro atoms. The fourth-order valence-electron chi connectivity index (χ4n) is 5.46. The van der Waals surface area contributed by atoms with E-state index in [0.29, 0.717) is 30.8 Å². The summed E-state index contributed by atoms with van der Waals surface area (Å²) < 4.78 is 33.9. The second kappa shape index (κ2) is 16.6. The molecule has 3 aromatic carbocycles. The molecule has 46 heavy (non-hydrogen) atoms. The van der Waals surface area contributed by atoms with Crippen LogP contribution in [0.2, 0.25) is 0 Å². The van der Waals surface area contributed by atoms with Crippen molar-refractivity contribution >= 4 is 23.2 Å². The molecule has 4 aromatic rings. The lowest BCUT2D eigenvalue weighted by Crippen LogP contribution is -2.46. The van der Waals surface area contributed by atoms with Gasteiger partial charge in [-0.25, -0.2) is 13.6 Å². The molecular formula is C37H43F2N3O3S. The van der Waals surface area contributed by atoms with Gasteiger partial charge in [0.2, 0.25) is 0 Å². The number of ether oxygens (including phenoxy) is 1. The van der Waals surface area contributed by atoms with Crippen molar-refractivity contribution in [3.8, 4) is 10.4 Å². The van der Waals surface area contributed by atoms with Crippen LogP contribution in [0.3, 0.4) is 0 Å². The van der Waals surface area contributed by atoms with Crippen molar-refractivity contribution in [2.45, 2.75) is 65.6 Å². The van der Waals surface area contributed by atoms with Crippen molar-refractivity contribution in [1.82, 2.24) is 10.2 Å². The lowest BCUT2D eigenvalue weighted by molar-refractivity contribution is 0.0238. The van der Waals surface area contributed by atoms with E-state index in [2.05, 4.69) is 35.8 Å².